The maximum Gasteiger partial charge on any atom is 0.303 e. The summed E-state index contributed by atoms with van der Waals surface area (Å²) in [5.74, 6) is -3.00. The third-order valence-corrected chi connectivity index (χ3v) is 3.52. The standard InChI is InChI=1S/C10H11F2NO4S/c11-7-3-4-8(12)9(6-7)18(16,17)13-5-1-2-10(14)15/h3-4,6,13H,1-2,5H2,(H,14,15). The number of nitrogens with one attached hydrogen (secondary N) is 1. The Kier molecular flexibility index (Phi) is 4.74. The van der Waals surface area contributed by atoms with Crippen LogP contribution in [0.3, 0.4) is 0 Å². The fourth-order valence-corrected chi connectivity index (χ4v) is 2.37. The Hall–Kier alpha value is -1.54. The third kappa shape index (κ3) is 4.04. The topological polar surface area (TPSA) is 83.5 Å². The van der Waals surface area contributed by atoms with Crippen molar-refractivity contribution < 1.29 is 27.1 Å². The van der Waals surface area contributed by atoms with Gasteiger partial charge in [0.2, 0.25) is 10.0 Å². The summed E-state index contributed by atoms with van der Waals surface area (Å²) in [5, 5.41) is 8.35. The van der Waals surface area contributed by atoms with Crippen LogP contribution in [0.5, 0.6) is 0 Å². The van der Waals surface area contributed by atoms with Crippen LogP contribution in [0.4, 0.5) is 8.78 Å². The van der Waals surface area contributed by atoms with E-state index in [1.807, 2.05) is 4.72 Å². The Bertz CT molecular complexity index is 545. The Balaban J connectivity index is 2.74. The van der Waals surface area contributed by atoms with E-state index >= 15 is 0 Å². The first kappa shape index (κ1) is 14.5. The van der Waals surface area contributed by atoms with Crippen molar-refractivity contribution in [3.8, 4) is 0 Å². The van der Waals surface area contributed by atoms with E-state index < -0.39 is 32.5 Å². The van der Waals surface area contributed by atoms with E-state index in [2.05, 4.69) is 0 Å². The Labute approximate surface area is 102 Å². The highest BCUT2D eigenvalue weighted by Crippen LogP contribution is 2.15. The maximum atomic E-state index is 13.2. The first-order valence-electron chi connectivity index (χ1n) is 4.99. The van der Waals surface area contributed by atoms with Crippen molar-refractivity contribution in [1.29, 1.82) is 0 Å². The van der Waals surface area contributed by atoms with Crippen molar-refractivity contribution >= 4 is 16.0 Å². The van der Waals surface area contributed by atoms with Gasteiger partial charge in [-0.25, -0.2) is 21.9 Å². The summed E-state index contributed by atoms with van der Waals surface area (Å²) in [5.41, 5.74) is 0. The number of hydrogen-bond acceptors (Lipinski definition) is 3. The van der Waals surface area contributed by atoms with E-state index in [0.717, 1.165) is 6.07 Å². The second kappa shape index (κ2) is 5.87. The molecule has 0 unspecified atom stereocenters. The molecule has 0 atom stereocenters. The van der Waals surface area contributed by atoms with Crippen molar-refractivity contribution in [2.75, 3.05) is 6.54 Å². The summed E-state index contributed by atoms with van der Waals surface area (Å²) in [4.78, 5) is 9.41. The zero-order valence-electron chi connectivity index (χ0n) is 9.19. The average molecular weight is 279 g/mol. The minimum atomic E-state index is -4.17. The molecule has 1 rings (SSSR count). The maximum absolute atomic E-state index is 13.2. The molecule has 0 radical (unpaired) electrons. The molecule has 0 spiro atoms. The van der Waals surface area contributed by atoms with Gasteiger partial charge in [-0.3, -0.25) is 4.79 Å². The number of benzene rings is 1. The van der Waals surface area contributed by atoms with E-state index in [1.165, 1.54) is 0 Å². The molecule has 0 aliphatic rings. The summed E-state index contributed by atoms with van der Waals surface area (Å²) in [6.07, 6.45) is -0.153. The largest absolute Gasteiger partial charge is 0.481 e. The lowest BCUT2D eigenvalue weighted by Crippen LogP contribution is -2.26. The molecule has 0 saturated carbocycles. The molecule has 0 aliphatic heterocycles. The molecule has 1 aromatic carbocycles. The Morgan fingerprint density at radius 3 is 2.61 bits per heavy atom. The van der Waals surface area contributed by atoms with Crippen molar-refractivity contribution in [1.82, 2.24) is 4.72 Å². The van der Waals surface area contributed by atoms with Crippen LogP contribution in [0.25, 0.3) is 0 Å². The van der Waals surface area contributed by atoms with Crippen molar-refractivity contribution in [2.24, 2.45) is 0 Å². The highest BCUT2D eigenvalue weighted by molar-refractivity contribution is 7.89. The van der Waals surface area contributed by atoms with Gasteiger partial charge in [-0.1, -0.05) is 0 Å². The van der Waals surface area contributed by atoms with Gasteiger partial charge in [0.1, 0.15) is 16.5 Å². The average Bonchev–Trinajstić information content (AvgIpc) is 2.27. The molecule has 5 nitrogen and oxygen atoms in total. The Morgan fingerprint density at radius 2 is 2.00 bits per heavy atom. The smallest absolute Gasteiger partial charge is 0.303 e. The van der Waals surface area contributed by atoms with E-state index in [0.29, 0.717) is 12.1 Å². The molecule has 100 valence electrons. The monoisotopic (exact) mass is 279 g/mol. The number of carboxylic acids is 1. The van der Waals surface area contributed by atoms with Crippen LogP contribution in [-0.2, 0) is 14.8 Å². The van der Waals surface area contributed by atoms with Crippen LogP contribution < -0.4 is 4.72 Å². The lowest BCUT2D eigenvalue weighted by atomic mass is 10.3. The van der Waals surface area contributed by atoms with Crippen molar-refractivity contribution in [3.63, 3.8) is 0 Å². The van der Waals surface area contributed by atoms with Gasteiger partial charge in [-0.2, -0.15) is 0 Å². The molecule has 18 heavy (non-hydrogen) atoms. The fourth-order valence-electron chi connectivity index (χ4n) is 1.21. The predicted molar refractivity (Wildman–Crippen MR) is 58.4 cm³/mol. The minimum absolute atomic E-state index is 0.0610. The van der Waals surface area contributed by atoms with Crippen LogP contribution in [0.1, 0.15) is 12.8 Å². The molecule has 0 bridgehead atoms. The lowest BCUT2D eigenvalue weighted by molar-refractivity contribution is -0.137. The second-order valence-corrected chi connectivity index (χ2v) is 5.21. The van der Waals surface area contributed by atoms with E-state index in [-0.39, 0.29) is 19.4 Å². The number of halogens is 2. The first-order valence-corrected chi connectivity index (χ1v) is 6.48. The Morgan fingerprint density at radius 1 is 1.33 bits per heavy atom. The highest BCUT2D eigenvalue weighted by atomic mass is 32.2. The number of rotatable bonds is 6. The molecule has 0 saturated heterocycles. The number of hydrogen-bond donors (Lipinski definition) is 2. The normalized spacial score (nSPS) is 11.4. The molecule has 1 aromatic rings. The number of sulfonamides is 1. The molecule has 0 fully saturated rings. The van der Waals surface area contributed by atoms with Crippen molar-refractivity contribution in [3.05, 3.63) is 29.8 Å². The van der Waals surface area contributed by atoms with Gasteiger partial charge in [0.25, 0.3) is 0 Å². The lowest BCUT2D eigenvalue weighted by Gasteiger charge is -2.07. The predicted octanol–water partition coefficient (Wildman–Crippen LogP) is 1.11. The van der Waals surface area contributed by atoms with E-state index in [4.69, 9.17) is 5.11 Å². The number of carboxylic acid groups (broad SMARTS) is 1. The summed E-state index contributed by atoms with van der Waals surface area (Å²) in [6, 6.07) is 2.08. The van der Waals surface area contributed by atoms with E-state index in [1.54, 1.807) is 0 Å². The molecule has 8 heteroatoms. The summed E-state index contributed by atoms with van der Waals surface area (Å²) < 4.78 is 51.2. The highest BCUT2D eigenvalue weighted by Gasteiger charge is 2.19. The molecular formula is C10H11F2NO4S. The second-order valence-electron chi connectivity index (χ2n) is 3.47. The summed E-state index contributed by atoms with van der Waals surface area (Å²) >= 11 is 0. The van der Waals surface area contributed by atoms with Crippen LogP contribution >= 0.6 is 0 Å². The fraction of sp³-hybridized carbons (Fsp3) is 0.300. The van der Waals surface area contributed by atoms with Crippen LogP contribution in [0.15, 0.2) is 23.1 Å². The summed E-state index contributed by atoms with van der Waals surface area (Å²) in [6.45, 7) is -0.162. The zero-order valence-corrected chi connectivity index (χ0v) is 10.0. The quantitative estimate of drug-likeness (QED) is 0.764. The van der Waals surface area contributed by atoms with Gasteiger partial charge in [0.15, 0.2) is 0 Å². The molecular weight excluding hydrogens is 268 g/mol. The molecule has 0 aromatic heterocycles. The van der Waals surface area contributed by atoms with Crippen LogP contribution in [0, 0.1) is 11.6 Å². The minimum Gasteiger partial charge on any atom is -0.481 e. The van der Waals surface area contributed by atoms with Gasteiger partial charge in [-0.05, 0) is 24.6 Å². The third-order valence-electron chi connectivity index (χ3n) is 2.04. The number of carbonyl (C=O) groups is 1. The van der Waals surface area contributed by atoms with Crippen LogP contribution in [0.2, 0.25) is 0 Å². The molecule has 0 amide bonds. The van der Waals surface area contributed by atoms with Gasteiger partial charge < -0.3 is 5.11 Å². The van der Waals surface area contributed by atoms with Gasteiger partial charge in [0.05, 0.1) is 0 Å². The van der Waals surface area contributed by atoms with Gasteiger partial charge >= 0.3 is 5.97 Å². The zero-order chi connectivity index (χ0) is 13.8. The molecule has 2 N–H and O–H groups in total. The van der Waals surface area contributed by atoms with Gasteiger partial charge in [-0.15, -0.1) is 0 Å². The molecule has 0 aliphatic carbocycles. The SMILES string of the molecule is O=C(O)CCCNS(=O)(=O)c1cc(F)ccc1F. The first-order chi connectivity index (χ1) is 8.33. The summed E-state index contributed by atoms with van der Waals surface area (Å²) in [7, 11) is -4.17. The van der Waals surface area contributed by atoms with Gasteiger partial charge in [0, 0.05) is 13.0 Å². The number of aliphatic carboxylic acids is 1. The van der Waals surface area contributed by atoms with Crippen LogP contribution in [-0.4, -0.2) is 26.0 Å². The van der Waals surface area contributed by atoms with E-state index in [9.17, 15) is 22.0 Å². The molecule has 0 heterocycles. The van der Waals surface area contributed by atoms with Crippen molar-refractivity contribution in [2.45, 2.75) is 17.7 Å².